The highest BCUT2D eigenvalue weighted by atomic mass is 16.5. The van der Waals surface area contributed by atoms with Crippen LogP contribution >= 0.6 is 0 Å². The van der Waals surface area contributed by atoms with Crippen molar-refractivity contribution in [2.75, 3.05) is 11.9 Å². The number of hydrogen-bond acceptors (Lipinski definition) is 5. The van der Waals surface area contributed by atoms with Crippen LogP contribution in [0.5, 0.6) is 0 Å². The zero-order valence-electron chi connectivity index (χ0n) is 11.2. The van der Waals surface area contributed by atoms with Gasteiger partial charge in [0.1, 0.15) is 5.76 Å². The molecule has 0 atom stereocenters. The summed E-state index contributed by atoms with van der Waals surface area (Å²) in [7, 11) is 0. The van der Waals surface area contributed by atoms with Crippen LogP contribution in [0, 0.1) is 18.3 Å². The van der Waals surface area contributed by atoms with Crippen LogP contribution < -0.4 is 10.6 Å². The fourth-order valence-corrected chi connectivity index (χ4v) is 1.60. The van der Waals surface area contributed by atoms with Crippen LogP contribution in [0.25, 0.3) is 0 Å². The van der Waals surface area contributed by atoms with E-state index in [9.17, 15) is 9.59 Å². The molecule has 7 heteroatoms. The average molecular weight is 284 g/mol. The van der Waals surface area contributed by atoms with E-state index >= 15 is 0 Å². The third kappa shape index (κ3) is 3.91. The van der Waals surface area contributed by atoms with Crippen LogP contribution in [0.4, 0.5) is 5.82 Å². The quantitative estimate of drug-likeness (QED) is 0.877. The number of hydrogen-bond donors (Lipinski definition) is 2. The molecule has 2 rings (SSSR count). The fourth-order valence-electron chi connectivity index (χ4n) is 1.60. The van der Waals surface area contributed by atoms with Crippen molar-refractivity contribution in [2.24, 2.45) is 0 Å². The van der Waals surface area contributed by atoms with Crippen LogP contribution in [-0.4, -0.2) is 23.5 Å². The van der Waals surface area contributed by atoms with Gasteiger partial charge in [-0.2, -0.15) is 5.26 Å². The van der Waals surface area contributed by atoms with Gasteiger partial charge < -0.3 is 15.2 Å². The number of aryl methyl sites for hydroxylation is 1. The minimum absolute atomic E-state index is 0.207. The van der Waals surface area contributed by atoms with E-state index in [1.165, 1.54) is 6.07 Å². The van der Waals surface area contributed by atoms with Gasteiger partial charge in [-0.25, -0.2) is 0 Å². The number of anilines is 1. The van der Waals surface area contributed by atoms with Gasteiger partial charge in [0.25, 0.3) is 5.91 Å². The average Bonchev–Trinajstić information content (AvgIpc) is 2.90. The lowest BCUT2D eigenvalue weighted by molar-refractivity contribution is -0.115. The molecule has 0 fully saturated rings. The molecule has 1 aromatic heterocycles. The number of aromatic nitrogens is 1. The monoisotopic (exact) mass is 284 g/mol. The van der Waals surface area contributed by atoms with Crippen molar-refractivity contribution < 1.29 is 14.1 Å². The first-order valence-corrected chi connectivity index (χ1v) is 6.10. The number of carbonyl (C=O) groups excluding carboxylic acids is 2. The summed E-state index contributed by atoms with van der Waals surface area (Å²) in [4.78, 5) is 23.5. The van der Waals surface area contributed by atoms with Crippen molar-refractivity contribution >= 4 is 17.6 Å². The molecule has 1 aromatic carbocycles. The summed E-state index contributed by atoms with van der Waals surface area (Å²) in [5, 5.41) is 17.3. The topological polar surface area (TPSA) is 108 Å². The molecule has 21 heavy (non-hydrogen) atoms. The van der Waals surface area contributed by atoms with Gasteiger partial charge in [-0.15, -0.1) is 0 Å². The molecule has 0 aliphatic heterocycles. The molecule has 1 heterocycles. The number of nitriles is 1. The Bertz CT molecular complexity index is 715. The number of benzene rings is 1. The molecule has 0 saturated carbocycles. The molecule has 7 nitrogen and oxygen atoms in total. The van der Waals surface area contributed by atoms with Crippen LogP contribution in [-0.2, 0) is 4.79 Å². The van der Waals surface area contributed by atoms with Crippen LogP contribution in [0.2, 0.25) is 0 Å². The number of carbonyl (C=O) groups is 2. The molecule has 0 aliphatic carbocycles. The first-order valence-electron chi connectivity index (χ1n) is 6.10. The second-order valence-electron chi connectivity index (χ2n) is 4.25. The van der Waals surface area contributed by atoms with E-state index in [2.05, 4.69) is 15.8 Å². The predicted molar refractivity (Wildman–Crippen MR) is 73.4 cm³/mol. The lowest BCUT2D eigenvalue weighted by Gasteiger charge is -2.05. The summed E-state index contributed by atoms with van der Waals surface area (Å²) in [5.74, 6) is 0.00699. The van der Waals surface area contributed by atoms with Crippen LogP contribution in [0.1, 0.15) is 21.7 Å². The molecule has 2 aromatic rings. The van der Waals surface area contributed by atoms with E-state index in [4.69, 9.17) is 9.78 Å². The molecule has 0 spiro atoms. The van der Waals surface area contributed by atoms with E-state index in [-0.39, 0.29) is 6.54 Å². The first-order chi connectivity index (χ1) is 10.1. The summed E-state index contributed by atoms with van der Waals surface area (Å²) >= 11 is 0. The Labute approximate surface area is 120 Å². The third-order valence-electron chi connectivity index (χ3n) is 2.56. The van der Waals surface area contributed by atoms with Crippen molar-refractivity contribution in [1.82, 2.24) is 10.5 Å². The first kappa shape index (κ1) is 14.3. The van der Waals surface area contributed by atoms with Gasteiger partial charge >= 0.3 is 0 Å². The standard InChI is InChI=1S/C14H12N4O3/c1-9-5-12(18-21-9)17-13(19)8-16-14(20)11-4-2-3-10(6-11)7-15/h2-6H,8H2,1H3,(H,16,20)(H,17,18,19). The Morgan fingerprint density at radius 1 is 1.38 bits per heavy atom. The Balaban J connectivity index is 1.88. The van der Waals surface area contributed by atoms with Crippen molar-refractivity contribution in [1.29, 1.82) is 5.26 Å². The highest BCUT2D eigenvalue weighted by Crippen LogP contribution is 2.06. The van der Waals surface area contributed by atoms with E-state index in [0.29, 0.717) is 22.7 Å². The van der Waals surface area contributed by atoms with Crippen LogP contribution in [0.3, 0.4) is 0 Å². The van der Waals surface area contributed by atoms with Gasteiger partial charge in [0.15, 0.2) is 5.82 Å². The van der Waals surface area contributed by atoms with Gasteiger partial charge in [0.05, 0.1) is 18.2 Å². The maximum Gasteiger partial charge on any atom is 0.251 e. The molecular weight excluding hydrogens is 272 g/mol. The highest BCUT2D eigenvalue weighted by molar-refractivity contribution is 5.99. The summed E-state index contributed by atoms with van der Waals surface area (Å²) in [6.07, 6.45) is 0. The fraction of sp³-hybridized carbons (Fsp3) is 0.143. The van der Waals surface area contributed by atoms with E-state index < -0.39 is 11.8 Å². The Hall–Kier alpha value is -3.14. The molecule has 0 bridgehead atoms. The molecule has 0 radical (unpaired) electrons. The minimum Gasteiger partial charge on any atom is -0.360 e. The predicted octanol–water partition coefficient (Wildman–Crippen LogP) is 1.22. The van der Waals surface area contributed by atoms with Crippen molar-refractivity contribution in [3.63, 3.8) is 0 Å². The Morgan fingerprint density at radius 3 is 2.86 bits per heavy atom. The van der Waals surface area contributed by atoms with Gasteiger partial charge in [-0.3, -0.25) is 9.59 Å². The minimum atomic E-state index is -0.432. The van der Waals surface area contributed by atoms with Crippen molar-refractivity contribution in [3.8, 4) is 6.07 Å². The van der Waals surface area contributed by atoms with Gasteiger partial charge in [-0.05, 0) is 25.1 Å². The van der Waals surface area contributed by atoms with Gasteiger partial charge in [-0.1, -0.05) is 11.2 Å². The lowest BCUT2D eigenvalue weighted by atomic mass is 10.1. The largest absolute Gasteiger partial charge is 0.360 e. The van der Waals surface area contributed by atoms with Crippen molar-refractivity contribution in [3.05, 3.63) is 47.2 Å². The zero-order valence-corrected chi connectivity index (χ0v) is 11.2. The maximum atomic E-state index is 11.8. The SMILES string of the molecule is Cc1cc(NC(=O)CNC(=O)c2cccc(C#N)c2)no1. The van der Waals surface area contributed by atoms with E-state index in [1.54, 1.807) is 31.2 Å². The summed E-state index contributed by atoms with van der Waals surface area (Å²) in [5.41, 5.74) is 0.698. The van der Waals surface area contributed by atoms with Gasteiger partial charge in [0, 0.05) is 11.6 Å². The molecule has 106 valence electrons. The molecular formula is C14H12N4O3. The second-order valence-corrected chi connectivity index (χ2v) is 4.25. The normalized spacial score (nSPS) is 9.71. The third-order valence-corrected chi connectivity index (χ3v) is 2.56. The number of amides is 2. The van der Waals surface area contributed by atoms with Crippen LogP contribution in [0.15, 0.2) is 34.9 Å². The number of nitrogens with zero attached hydrogens (tertiary/aromatic N) is 2. The van der Waals surface area contributed by atoms with E-state index in [1.807, 2.05) is 6.07 Å². The highest BCUT2D eigenvalue weighted by Gasteiger charge is 2.10. The summed E-state index contributed by atoms with van der Waals surface area (Å²) < 4.78 is 4.80. The number of nitrogens with one attached hydrogen (secondary N) is 2. The lowest BCUT2D eigenvalue weighted by Crippen LogP contribution is -2.32. The maximum absolute atomic E-state index is 11.8. The second kappa shape index (κ2) is 6.34. The summed E-state index contributed by atoms with van der Waals surface area (Å²) in [6.45, 7) is 1.49. The molecule has 0 aliphatic rings. The molecule has 0 unspecified atom stereocenters. The summed E-state index contributed by atoms with van der Waals surface area (Å²) in [6, 6.07) is 9.72. The van der Waals surface area contributed by atoms with Gasteiger partial charge in [0.2, 0.25) is 5.91 Å². The Kier molecular flexibility index (Phi) is 4.31. The van der Waals surface area contributed by atoms with Crippen molar-refractivity contribution in [2.45, 2.75) is 6.92 Å². The number of rotatable bonds is 4. The van der Waals surface area contributed by atoms with E-state index in [0.717, 1.165) is 0 Å². The zero-order chi connectivity index (χ0) is 15.2. The Morgan fingerprint density at radius 2 is 2.19 bits per heavy atom. The molecule has 2 amide bonds. The molecule has 0 saturated heterocycles. The smallest absolute Gasteiger partial charge is 0.251 e. The molecule has 2 N–H and O–H groups in total.